The van der Waals surface area contributed by atoms with Crippen LogP contribution in [0.1, 0.15) is 23.5 Å². The first-order valence-corrected chi connectivity index (χ1v) is 9.44. The zero-order valence-electron chi connectivity index (χ0n) is 14.6. The Kier molecular flexibility index (Phi) is 4.72. The summed E-state index contributed by atoms with van der Waals surface area (Å²) in [5.41, 5.74) is 1.28. The number of carbonyl (C=O) groups excluding carboxylic acids is 1. The quantitative estimate of drug-likeness (QED) is 0.888. The first-order valence-electron chi connectivity index (χ1n) is 9.06. The van der Waals surface area contributed by atoms with E-state index >= 15 is 0 Å². The molecule has 0 saturated carbocycles. The second kappa shape index (κ2) is 7.01. The normalized spacial score (nSPS) is 21.5. The number of amides is 1. The van der Waals surface area contributed by atoms with Gasteiger partial charge in [0.2, 0.25) is 5.91 Å². The monoisotopic (exact) mass is 372 g/mol. The molecule has 2 aliphatic heterocycles. The minimum atomic E-state index is -0.522. The number of benzene rings is 2. The van der Waals surface area contributed by atoms with E-state index in [2.05, 4.69) is 11.4 Å². The van der Waals surface area contributed by atoms with Crippen molar-refractivity contribution in [2.24, 2.45) is 5.41 Å². The number of halogens is 2. The molecule has 5 heteroatoms. The lowest BCUT2D eigenvalue weighted by Crippen LogP contribution is -2.63. The molecule has 0 radical (unpaired) electrons. The number of carbonyl (C=O) groups is 1. The van der Waals surface area contributed by atoms with Crippen LogP contribution in [-0.2, 0) is 11.2 Å². The molecule has 26 heavy (non-hydrogen) atoms. The summed E-state index contributed by atoms with van der Waals surface area (Å²) in [7, 11) is 0. The van der Waals surface area contributed by atoms with Crippen molar-refractivity contribution in [3.05, 3.63) is 70.5 Å². The van der Waals surface area contributed by atoms with Crippen LogP contribution in [-0.4, -0.2) is 37.0 Å². The molecule has 2 fully saturated rings. The van der Waals surface area contributed by atoms with Crippen molar-refractivity contribution in [3.63, 3.8) is 0 Å². The molecule has 2 saturated heterocycles. The van der Waals surface area contributed by atoms with Crippen LogP contribution in [0, 0.1) is 11.2 Å². The molecule has 1 atom stereocenters. The van der Waals surface area contributed by atoms with Crippen molar-refractivity contribution >= 4 is 17.5 Å². The molecule has 2 heterocycles. The van der Waals surface area contributed by atoms with Crippen LogP contribution in [0.4, 0.5) is 4.39 Å². The molecule has 2 aromatic carbocycles. The van der Waals surface area contributed by atoms with E-state index in [0.717, 1.165) is 18.0 Å². The fourth-order valence-electron chi connectivity index (χ4n) is 4.10. The lowest BCUT2D eigenvalue weighted by Gasteiger charge is -2.43. The van der Waals surface area contributed by atoms with Gasteiger partial charge in [-0.1, -0.05) is 41.9 Å². The molecule has 0 aromatic heterocycles. The average molecular weight is 373 g/mol. The van der Waals surface area contributed by atoms with Gasteiger partial charge in [-0.25, -0.2) is 4.39 Å². The Morgan fingerprint density at radius 1 is 1.23 bits per heavy atom. The summed E-state index contributed by atoms with van der Waals surface area (Å²) >= 11 is 6.11. The van der Waals surface area contributed by atoms with Gasteiger partial charge in [-0.2, -0.15) is 0 Å². The molecule has 0 aliphatic carbocycles. The summed E-state index contributed by atoms with van der Waals surface area (Å²) in [6.45, 7) is 2.67. The van der Waals surface area contributed by atoms with Gasteiger partial charge in [0.25, 0.3) is 0 Å². The van der Waals surface area contributed by atoms with Crippen molar-refractivity contribution < 1.29 is 9.18 Å². The molecular formula is C21H22ClFN2O. The van der Waals surface area contributed by atoms with Crippen LogP contribution in [0.5, 0.6) is 0 Å². The largest absolute Gasteiger partial charge is 0.341 e. The molecule has 2 aliphatic rings. The third-order valence-corrected chi connectivity index (χ3v) is 5.90. The summed E-state index contributed by atoms with van der Waals surface area (Å²) in [6.07, 6.45) is 1.39. The second-order valence-electron chi connectivity index (χ2n) is 7.44. The second-order valence-corrected chi connectivity index (χ2v) is 7.88. The molecule has 1 N–H and O–H groups in total. The maximum atomic E-state index is 14.1. The molecule has 1 unspecified atom stereocenters. The molecule has 4 rings (SSSR count). The molecule has 136 valence electrons. The van der Waals surface area contributed by atoms with E-state index in [1.807, 2.05) is 29.2 Å². The van der Waals surface area contributed by atoms with Crippen LogP contribution in [0.15, 0.2) is 48.5 Å². The topological polar surface area (TPSA) is 32.3 Å². The SMILES string of the molecule is O=C(N1CCC(c2cccc(Cl)c2)C1)C1(Cc2ccccc2F)CNC1. The minimum absolute atomic E-state index is 0.143. The summed E-state index contributed by atoms with van der Waals surface area (Å²) in [5.74, 6) is 0.227. The standard InChI is InChI=1S/C21H22ClFN2O/c22-18-6-3-5-15(10-18)17-8-9-25(12-17)20(26)21(13-24-14-21)11-16-4-1-2-7-19(16)23/h1-7,10,17,24H,8-9,11-14H2. The zero-order chi connectivity index (χ0) is 18.1. The number of rotatable bonds is 4. The Labute approximate surface area is 158 Å². The highest BCUT2D eigenvalue weighted by Crippen LogP contribution is 2.35. The van der Waals surface area contributed by atoms with E-state index in [9.17, 15) is 9.18 Å². The van der Waals surface area contributed by atoms with E-state index in [-0.39, 0.29) is 11.7 Å². The predicted octanol–water partition coefficient (Wildman–Crippen LogP) is 3.63. The maximum absolute atomic E-state index is 14.1. The van der Waals surface area contributed by atoms with Gasteiger partial charge < -0.3 is 10.2 Å². The smallest absolute Gasteiger partial charge is 0.231 e. The van der Waals surface area contributed by atoms with Crippen LogP contribution >= 0.6 is 11.6 Å². The fourth-order valence-corrected chi connectivity index (χ4v) is 4.30. The molecule has 1 amide bonds. The highest BCUT2D eigenvalue weighted by atomic mass is 35.5. The lowest BCUT2D eigenvalue weighted by atomic mass is 9.75. The summed E-state index contributed by atoms with van der Waals surface area (Å²) in [5, 5.41) is 3.94. The van der Waals surface area contributed by atoms with Gasteiger partial charge >= 0.3 is 0 Å². The van der Waals surface area contributed by atoms with Crippen molar-refractivity contribution in [2.75, 3.05) is 26.2 Å². The highest BCUT2D eigenvalue weighted by Gasteiger charge is 2.48. The fraction of sp³-hybridized carbons (Fsp3) is 0.381. The molecule has 3 nitrogen and oxygen atoms in total. The van der Waals surface area contributed by atoms with Gasteiger partial charge in [0.15, 0.2) is 0 Å². The first kappa shape index (κ1) is 17.5. The third kappa shape index (κ3) is 3.24. The third-order valence-electron chi connectivity index (χ3n) is 5.66. The maximum Gasteiger partial charge on any atom is 0.231 e. The van der Waals surface area contributed by atoms with Crippen molar-refractivity contribution in [3.8, 4) is 0 Å². The molecule has 2 aromatic rings. The summed E-state index contributed by atoms with van der Waals surface area (Å²) < 4.78 is 14.1. The van der Waals surface area contributed by atoms with E-state index in [4.69, 9.17) is 11.6 Å². The molecule has 0 spiro atoms. The number of likely N-dealkylation sites (tertiary alicyclic amines) is 1. The van der Waals surface area contributed by atoms with E-state index in [1.54, 1.807) is 12.1 Å². The average Bonchev–Trinajstić information content (AvgIpc) is 3.09. The van der Waals surface area contributed by atoms with Crippen LogP contribution in [0.25, 0.3) is 0 Å². The number of hydrogen-bond donors (Lipinski definition) is 1. The Morgan fingerprint density at radius 2 is 2.04 bits per heavy atom. The van der Waals surface area contributed by atoms with E-state index < -0.39 is 5.41 Å². The summed E-state index contributed by atoms with van der Waals surface area (Å²) in [6, 6.07) is 14.6. The van der Waals surface area contributed by atoms with Crippen molar-refractivity contribution in [1.29, 1.82) is 0 Å². The summed E-state index contributed by atoms with van der Waals surface area (Å²) in [4.78, 5) is 15.2. The number of nitrogens with one attached hydrogen (secondary N) is 1. The molecule has 0 bridgehead atoms. The van der Waals surface area contributed by atoms with Crippen molar-refractivity contribution in [2.45, 2.75) is 18.8 Å². The van der Waals surface area contributed by atoms with Crippen LogP contribution < -0.4 is 5.32 Å². The van der Waals surface area contributed by atoms with Crippen LogP contribution in [0.2, 0.25) is 5.02 Å². The predicted molar refractivity (Wildman–Crippen MR) is 101 cm³/mol. The molecular weight excluding hydrogens is 351 g/mol. The number of nitrogens with zero attached hydrogens (tertiary/aromatic N) is 1. The first-order chi connectivity index (χ1) is 12.6. The van der Waals surface area contributed by atoms with Gasteiger partial charge in [-0.05, 0) is 42.2 Å². The van der Waals surface area contributed by atoms with Gasteiger partial charge in [0.1, 0.15) is 5.82 Å². The van der Waals surface area contributed by atoms with E-state index in [1.165, 1.54) is 11.6 Å². The van der Waals surface area contributed by atoms with E-state index in [0.29, 0.717) is 37.5 Å². The Bertz CT molecular complexity index is 821. The van der Waals surface area contributed by atoms with Gasteiger partial charge in [0, 0.05) is 37.1 Å². The highest BCUT2D eigenvalue weighted by molar-refractivity contribution is 6.30. The van der Waals surface area contributed by atoms with Gasteiger partial charge in [-0.15, -0.1) is 0 Å². The van der Waals surface area contributed by atoms with Crippen LogP contribution in [0.3, 0.4) is 0 Å². The van der Waals surface area contributed by atoms with Crippen molar-refractivity contribution in [1.82, 2.24) is 10.2 Å². The zero-order valence-corrected chi connectivity index (χ0v) is 15.3. The lowest BCUT2D eigenvalue weighted by molar-refractivity contribution is -0.144. The number of hydrogen-bond acceptors (Lipinski definition) is 2. The van der Waals surface area contributed by atoms with Gasteiger partial charge in [-0.3, -0.25) is 4.79 Å². The van der Waals surface area contributed by atoms with Gasteiger partial charge in [0.05, 0.1) is 5.41 Å². The Morgan fingerprint density at radius 3 is 2.73 bits per heavy atom. The Balaban J connectivity index is 1.49. The minimum Gasteiger partial charge on any atom is -0.341 e. The Hall–Kier alpha value is -1.91.